The minimum atomic E-state index is 0.120. The molecule has 2 fully saturated rings. The summed E-state index contributed by atoms with van der Waals surface area (Å²) in [4.78, 5) is 11.6. The van der Waals surface area contributed by atoms with Gasteiger partial charge in [-0.15, -0.1) is 0 Å². The molecule has 0 aromatic carbocycles. The van der Waals surface area contributed by atoms with Crippen molar-refractivity contribution in [2.45, 2.75) is 39.5 Å². The van der Waals surface area contributed by atoms with E-state index < -0.39 is 0 Å². The van der Waals surface area contributed by atoms with Crippen LogP contribution < -0.4 is 5.32 Å². The van der Waals surface area contributed by atoms with Crippen LogP contribution in [0.1, 0.15) is 48.7 Å². The largest absolute Gasteiger partial charge is 0.374 e. The highest BCUT2D eigenvalue weighted by atomic mass is 32.1. The topological polar surface area (TPSA) is 42.0 Å². The molecule has 0 spiro atoms. The Morgan fingerprint density at radius 1 is 1.53 bits per heavy atom. The third-order valence-electron chi connectivity index (χ3n) is 4.15. The lowest BCUT2D eigenvalue weighted by Crippen LogP contribution is -2.17. The number of hydrogen-bond acceptors (Lipinski definition) is 4. The lowest BCUT2D eigenvalue weighted by Gasteiger charge is -2.15. The van der Waals surface area contributed by atoms with Gasteiger partial charge in [-0.25, -0.2) is 0 Å². The number of carbonyl (C=O) groups is 1. The second-order valence-corrected chi connectivity index (χ2v) is 6.29. The first-order chi connectivity index (χ1) is 8.12. The summed E-state index contributed by atoms with van der Waals surface area (Å²) in [7, 11) is 0. The van der Waals surface area contributed by atoms with Gasteiger partial charge in [0.2, 0.25) is 0 Å². The van der Waals surface area contributed by atoms with Crippen molar-refractivity contribution in [2.24, 2.45) is 11.3 Å². The zero-order chi connectivity index (χ0) is 12.0. The Balaban J connectivity index is 1.71. The van der Waals surface area contributed by atoms with E-state index >= 15 is 0 Å². The summed E-state index contributed by atoms with van der Waals surface area (Å²) < 4.78 is 4.28. The molecule has 0 amide bonds. The lowest BCUT2D eigenvalue weighted by atomic mass is 10.0. The zero-order valence-electron chi connectivity index (χ0n) is 10.4. The number of nitrogens with zero attached hydrogens (tertiary/aromatic N) is 1. The third kappa shape index (κ3) is 1.99. The predicted octanol–water partition coefficient (Wildman–Crippen LogP) is 3.26. The molecule has 3 rings (SSSR count). The van der Waals surface area contributed by atoms with E-state index in [-0.39, 0.29) is 5.78 Å². The summed E-state index contributed by atoms with van der Waals surface area (Å²) >= 11 is 1.42. The summed E-state index contributed by atoms with van der Waals surface area (Å²) in [6.45, 7) is 4.56. The number of Topliss-reactive ketones (excluding diaryl/α,β-unsaturated/α-hetero) is 1. The van der Waals surface area contributed by atoms with E-state index in [1.165, 1.54) is 37.2 Å². The highest BCUT2D eigenvalue weighted by Gasteiger charge is 2.53. The van der Waals surface area contributed by atoms with Crippen LogP contribution in [0.3, 0.4) is 0 Å². The van der Waals surface area contributed by atoms with E-state index in [2.05, 4.69) is 9.69 Å². The molecule has 0 bridgehead atoms. The maximum absolute atomic E-state index is 11.6. The molecule has 0 unspecified atom stereocenters. The number of aromatic nitrogens is 1. The van der Waals surface area contributed by atoms with E-state index in [9.17, 15) is 4.79 Å². The predicted molar refractivity (Wildman–Crippen MR) is 69.7 cm³/mol. The van der Waals surface area contributed by atoms with Crippen LogP contribution in [0.2, 0.25) is 0 Å². The van der Waals surface area contributed by atoms with Crippen LogP contribution in [-0.4, -0.2) is 16.7 Å². The van der Waals surface area contributed by atoms with Gasteiger partial charge in [0, 0.05) is 6.54 Å². The van der Waals surface area contributed by atoms with Crippen molar-refractivity contribution in [3.63, 3.8) is 0 Å². The monoisotopic (exact) mass is 250 g/mol. The first kappa shape index (κ1) is 11.2. The van der Waals surface area contributed by atoms with Gasteiger partial charge in [0.05, 0.1) is 11.3 Å². The van der Waals surface area contributed by atoms with Crippen LogP contribution in [0.25, 0.3) is 0 Å². The SMILES string of the molecule is CC(=O)c1c(C)nsc1NCC1(C2CC2)CC1. The fraction of sp³-hybridized carbons (Fsp3) is 0.692. The molecule has 0 radical (unpaired) electrons. The molecule has 4 heteroatoms. The van der Waals surface area contributed by atoms with E-state index in [4.69, 9.17) is 0 Å². The maximum Gasteiger partial charge on any atom is 0.164 e. The van der Waals surface area contributed by atoms with Gasteiger partial charge in [0.25, 0.3) is 0 Å². The van der Waals surface area contributed by atoms with Crippen LogP contribution in [0.5, 0.6) is 0 Å². The second-order valence-electron chi connectivity index (χ2n) is 5.52. The molecule has 2 saturated carbocycles. The van der Waals surface area contributed by atoms with Gasteiger partial charge in [0.15, 0.2) is 5.78 Å². The molecule has 0 saturated heterocycles. The molecule has 0 atom stereocenters. The number of carbonyl (C=O) groups excluding carboxylic acids is 1. The first-order valence-corrected chi connectivity index (χ1v) is 7.11. The number of aryl methyl sites for hydroxylation is 1. The van der Waals surface area contributed by atoms with Crippen LogP contribution in [0, 0.1) is 18.3 Å². The van der Waals surface area contributed by atoms with Crippen LogP contribution in [-0.2, 0) is 0 Å². The Bertz CT molecular complexity index is 458. The summed E-state index contributed by atoms with van der Waals surface area (Å²) in [5.41, 5.74) is 2.22. The quantitative estimate of drug-likeness (QED) is 0.816. The number of hydrogen-bond donors (Lipinski definition) is 1. The lowest BCUT2D eigenvalue weighted by molar-refractivity contribution is 0.101. The highest BCUT2D eigenvalue weighted by Crippen LogP contribution is 2.61. The average Bonchev–Trinajstić information content (AvgIpc) is 3.13. The van der Waals surface area contributed by atoms with Gasteiger partial charge in [-0.3, -0.25) is 4.79 Å². The van der Waals surface area contributed by atoms with Gasteiger partial charge >= 0.3 is 0 Å². The summed E-state index contributed by atoms with van der Waals surface area (Å²) in [6, 6.07) is 0. The summed E-state index contributed by atoms with van der Waals surface area (Å²) in [5, 5.41) is 4.45. The summed E-state index contributed by atoms with van der Waals surface area (Å²) in [6.07, 6.45) is 5.53. The Morgan fingerprint density at radius 2 is 2.24 bits per heavy atom. The maximum atomic E-state index is 11.6. The molecule has 1 aromatic heterocycles. The Morgan fingerprint density at radius 3 is 2.76 bits per heavy atom. The standard InChI is InChI=1S/C13H18N2OS/c1-8-11(9(2)16)12(17-15-8)14-7-13(5-6-13)10-3-4-10/h10,14H,3-7H2,1-2H3. The van der Waals surface area contributed by atoms with Crippen molar-refractivity contribution in [2.75, 3.05) is 11.9 Å². The number of ketones is 1. The molecule has 2 aliphatic carbocycles. The van der Waals surface area contributed by atoms with E-state index in [0.29, 0.717) is 5.41 Å². The van der Waals surface area contributed by atoms with Crippen LogP contribution in [0.15, 0.2) is 0 Å². The van der Waals surface area contributed by atoms with Gasteiger partial charge < -0.3 is 5.32 Å². The fourth-order valence-electron chi connectivity index (χ4n) is 2.75. The Hall–Kier alpha value is -0.900. The van der Waals surface area contributed by atoms with E-state index in [1.807, 2.05) is 6.92 Å². The zero-order valence-corrected chi connectivity index (χ0v) is 11.2. The highest BCUT2D eigenvalue weighted by molar-refractivity contribution is 7.10. The third-order valence-corrected chi connectivity index (χ3v) is 5.05. The number of anilines is 1. The second kappa shape index (κ2) is 3.80. The van der Waals surface area contributed by atoms with Crippen molar-refractivity contribution in [3.8, 4) is 0 Å². The molecule has 2 aliphatic rings. The van der Waals surface area contributed by atoms with Crippen LogP contribution in [0.4, 0.5) is 5.00 Å². The van der Waals surface area contributed by atoms with Gasteiger partial charge in [-0.1, -0.05) is 0 Å². The Kier molecular flexibility index (Phi) is 2.51. The molecule has 1 heterocycles. The molecular weight excluding hydrogens is 232 g/mol. The molecule has 1 N–H and O–H groups in total. The minimum absolute atomic E-state index is 0.120. The van der Waals surface area contributed by atoms with Gasteiger partial charge in [0.1, 0.15) is 5.00 Å². The fourth-order valence-corrected chi connectivity index (χ4v) is 3.59. The number of rotatable bonds is 5. The average molecular weight is 250 g/mol. The smallest absolute Gasteiger partial charge is 0.164 e. The van der Waals surface area contributed by atoms with Crippen molar-refractivity contribution in [1.29, 1.82) is 0 Å². The van der Waals surface area contributed by atoms with Gasteiger partial charge in [-0.05, 0) is 62.4 Å². The van der Waals surface area contributed by atoms with E-state index in [0.717, 1.165) is 28.7 Å². The molecule has 17 heavy (non-hydrogen) atoms. The normalized spacial score (nSPS) is 21.3. The van der Waals surface area contributed by atoms with Crippen molar-refractivity contribution >= 4 is 22.3 Å². The molecule has 92 valence electrons. The molecule has 3 nitrogen and oxygen atoms in total. The van der Waals surface area contributed by atoms with Gasteiger partial charge in [-0.2, -0.15) is 4.37 Å². The first-order valence-electron chi connectivity index (χ1n) is 6.33. The van der Waals surface area contributed by atoms with E-state index in [1.54, 1.807) is 6.92 Å². The minimum Gasteiger partial charge on any atom is -0.374 e. The van der Waals surface area contributed by atoms with Crippen LogP contribution >= 0.6 is 11.5 Å². The van der Waals surface area contributed by atoms with Crippen molar-refractivity contribution in [1.82, 2.24) is 4.37 Å². The van der Waals surface area contributed by atoms with Crippen molar-refractivity contribution < 1.29 is 4.79 Å². The number of nitrogens with one attached hydrogen (secondary N) is 1. The molecule has 1 aromatic rings. The van der Waals surface area contributed by atoms with Crippen molar-refractivity contribution in [3.05, 3.63) is 11.3 Å². The Labute approximate surface area is 106 Å². The molecule has 0 aliphatic heterocycles. The molecular formula is C13H18N2OS. The summed E-state index contributed by atoms with van der Waals surface area (Å²) in [5.74, 6) is 1.07.